The van der Waals surface area contributed by atoms with Crippen molar-refractivity contribution in [1.82, 2.24) is 4.72 Å². The highest BCUT2D eigenvalue weighted by Crippen LogP contribution is 2.36. The maximum atomic E-state index is 12.3. The number of sulfonamides is 1. The summed E-state index contributed by atoms with van der Waals surface area (Å²) in [6.07, 6.45) is 0. The van der Waals surface area contributed by atoms with Crippen molar-refractivity contribution < 1.29 is 21.6 Å². The van der Waals surface area contributed by atoms with E-state index in [0.29, 0.717) is 0 Å². The van der Waals surface area contributed by atoms with Crippen LogP contribution in [0, 0.1) is 6.92 Å². The molecule has 8 heteroatoms. The third-order valence-electron chi connectivity index (χ3n) is 3.08. The normalized spacial score (nSPS) is 12.3. The maximum Gasteiger partial charge on any atom is 0.446 e. The van der Waals surface area contributed by atoms with E-state index < -0.39 is 15.5 Å². The first-order valence-corrected chi connectivity index (χ1v) is 8.87. The molecule has 0 amide bonds. The van der Waals surface area contributed by atoms with Gasteiger partial charge in [-0.25, -0.2) is 13.1 Å². The number of rotatable bonds is 5. The summed E-state index contributed by atoms with van der Waals surface area (Å²) < 4.78 is 63.6. The number of alkyl halides is 3. The average molecular weight is 361 g/mol. The van der Waals surface area contributed by atoms with Crippen molar-refractivity contribution in [3.8, 4) is 0 Å². The highest BCUT2D eigenvalue weighted by atomic mass is 32.2. The van der Waals surface area contributed by atoms with Crippen LogP contribution in [-0.2, 0) is 16.6 Å². The second-order valence-electron chi connectivity index (χ2n) is 4.77. The summed E-state index contributed by atoms with van der Waals surface area (Å²) in [5.74, 6) is 0. The summed E-state index contributed by atoms with van der Waals surface area (Å²) in [5, 5.41) is 0. The van der Waals surface area contributed by atoms with Crippen LogP contribution in [0.3, 0.4) is 0 Å². The van der Waals surface area contributed by atoms with Crippen LogP contribution in [0.25, 0.3) is 0 Å². The third-order valence-corrected chi connectivity index (χ3v) is 5.24. The van der Waals surface area contributed by atoms with Crippen molar-refractivity contribution in [2.45, 2.75) is 28.8 Å². The van der Waals surface area contributed by atoms with Gasteiger partial charge in [0.25, 0.3) is 0 Å². The van der Waals surface area contributed by atoms with Crippen LogP contribution in [0.4, 0.5) is 13.2 Å². The minimum absolute atomic E-state index is 0.0599. The SMILES string of the molecule is Cc1ccccc1CNS(=O)(=O)c1ccc(SC(F)(F)F)cc1. The Balaban J connectivity index is 2.09. The fourth-order valence-electron chi connectivity index (χ4n) is 1.88. The van der Waals surface area contributed by atoms with Crippen LogP contribution < -0.4 is 4.72 Å². The van der Waals surface area contributed by atoms with E-state index in [1.807, 2.05) is 19.1 Å². The molecular formula is C15H14F3NO2S2. The van der Waals surface area contributed by atoms with Gasteiger partial charge in [0.2, 0.25) is 10.0 Å². The molecule has 0 bridgehead atoms. The third kappa shape index (κ3) is 5.26. The van der Waals surface area contributed by atoms with Crippen molar-refractivity contribution in [2.24, 2.45) is 0 Å². The van der Waals surface area contributed by atoms with Gasteiger partial charge in [-0.3, -0.25) is 0 Å². The molecule has 0 aromatic heterocycles. The van der Waals surface area contributed by atoms with Gasteiger partial charge in [-0.15, -0.1) is 0 Å². The Morgan fingerprint density at radius 1 is 1.04 bits per heavy atom. The Labute approximate surface area is 137 Å². The fourth-order valence-corrected chi connectivity index (χ4v) is 3.43. The number of nitrogens with one attached hydrogen (secondary N) is 1. The van der Waals surface area contributed by atoms with E-state index in [0.717, 1.165) is 35.4 Å². The predicted molar refractivity (Wildman–Crippen MR) is 83.6 cm³/mol. The van der Waals surface area contributed by atoms with Crippen LogP contribution >= 0.6 is 11.8 Å². The zero-order chi connectivity index (χ0) is 17.1. The number of hydrogen-bond acceptors (Lipinski definition) is 3. The number of hydrogen-bond donors (Lipinski definition) is 1. The van der Waals surface area contributed by atoms with Crippen LogP contribution in [0.2, 0.25) is 0 Å². The summed E-state index contributed by atoms with van der Waals surface area (Å²) in [4.78, 5) is -0.132. The molecule has 1 N–H and O–H groups in total. The van der Waals surface area contributed by atoms with Crippen molar-refractivity contribution in [1.29, 1.82) is 0 Å². The summed E-state index contributed by atoms with van der Waals surface area (Å²) in [6.45, 7) is 1.99. The zero-order valence-electron chi connectivity index (χ0n) is 12.1. The summed E-state index contributed by atoms with van der Waals surface area (Å²) in [5.41, 5.74) is -2.61. The van der Waals surface area contributed by atoms with Crippen molar-refractivity contribution in [3.05, 3.63) is 59.7 Å². The Bertz CT molecular complexity index is 772. The largest absolute Gasteiger partial charge is 0.446 e. The molecule has 0 aliphatic rings. The van der Waals surface area contributed by atoms with Gasteiger partial charge in [0.15, 0.2) is 0 Å². The van der Waals surface area contributed by atoms with E-state index in [2.05, 4.69) is 4.72 Å². The Morgan fingerprint density at radius 3 is 2.22 bits per heavy atom. The first-order chi connectivity index (χ1) is 10.7. The monoisotopic (exact) mass is 361 g/mol. The first kappa shape index (κ1) is 17.8. The van der Waals surface area contributed by atoms with E-state index in [4.69, 9.17) is 0 Å². The van der Waals surface area contributed by atoms with Gasteiger partial charge in [0, 0.05) is 11.4 Å². The molecular weight excluding hydrogens is 347 g/mol. The average Bonchev–Trinajstić information content (AvgIpc) is 2.45. The molecule has 0 atom stereocenters. The molecule has 0 spiro atoms. The lowest BCUT2D eigenvalue weighted by Gasteiger charge is -2.10. The van der Waals surface area contributed by atoms with Gasteiger partial charge in [0.05, 0.1) is 4.90 Å². The van der Waals surface area contributed by atoms with E-state index in [9.17, 15) is 21.6 Å². The van der Waals surface area contributed by atoms with Gasteiger partial charge in [0.1, 0.15) is 0 Å². The molecule has 0 aliphatic heterocycles. The minimum atomic E-state index is -4.40. The van der Waals surface area contributed by atoms with Gasteiger partial charge in [-0.1, -0.05) is 24.3 Å². The smallest absolute Gasteiger partial charge is 0.207 e. The quantitative estimate of drug-likeness (QED) is 0.816. The van der Waals surface area contributed by atoms with Crippen LogP contribution in [0.1, 0.15) is 11.1 Å². The Morgan fingerprint density at radius 2 is 1.65 bits per heavy atom. The highest BCUT2D eigenvalue weighted by Gasteiger charge is 2.29. The van der Waals surface area contributed by atoms with Gasteiger partial charge in [-0.05, 0) is 54.1 Å². The van der Waals surface area contributed by atoms with Crippen LogP contribution in [-0.4, -0.2) is 13.9 Å². The van der Waals surface area contributed by atoms with Gasteiger partial charge < -0.3 is 0 Å². The van der Waals surface area contributed by atoms with Gasteiger partial charge in [-0.2, -0.15) is 13.2 Å². The zero-order valence-corrected chi connectivity index (χ0v) is 13.7. The molecule has 3 nitrogen and oxygen atoms in total. The predicted octanol–water partition coefficient (Wildman–Crippen LogP) is 4.09. The molecule has 0 aliphatic carbocycles. The number of aryl methyl sites for hydroxylation is 1. The second-order valence-corrected chi connectivity index (χ2v) is 7.68. The van der Waals surface area contributed by atoms with Crippen molar-refractivity contribution >= 4 is 21.8 Å². The molecule has 124 valence electrons. The fraction of sp³-hybridized carbons (Fsp3) is 0.200. The number of halogens is 3. The van der Waals surface area contributed by atoms with Crippen molar-refractivity contribution in [3.63, 3.8) is 0 Å². The Hall–Kier alpha value is -1.51. The van der Waals surface area contributed by atoms with Gasteiger partial charge >= 0.3 is 5.51 Å². The van der Waals surface area contributed by atoms with Crippen molar-refractivity contribution in [2.75, 3.05) is 0 Å². The molecule has 2 aromatic carbocycles. The lowest BCUT2D eigenvalue weighted by atomic mass is 10.1. The maximum absolute atomic E-state index is 12.3. The second kappa shape index (κ2) is 6.94. The number of thioether (sulfide) groups is 1. The number of benzene rings is 2. The standard InChI is InChI=1S/C15H14F3NO2S2/c1-11-4-2-3-5-12(11)10-19-23(20,21)14-8-6-13(7-9-14)22-15(16,17)18/h2-9,19H,10H2,1H3. The molecule has 2 aromatic rings. The van der Waals surface area contributed by atoms with E-state index in [-0.39, 0.29) is 28.1 Å². The van der Waals surface area contributed by atoms with E-state index in [1.165, 1.54) is 0 Å². The molecule has 0 fully saturated rings. The molecule has 0 saturated heterocycles. The lowest BCUT2D eigenvalue weighted by Crippen LogP contribution is -2.23. The highest BCUT2D eigenvalue weighted by molar-refractivity contribution is 8.00. The molecule has 23 heavy (non-hydrogen) atoms. The molecule has 0 radical (unpaired) electrons. The molecule has 2 rings (SSSR count). The van der Waals surface area contributed by atoms with Crippen LogP contribution in [0.15, 0.2) is 58.3 Å². The Kier molecular flexibility index (Phi) is 5.38. The summed E-state index contributed by atoms with van der Waals surface area (Å²) in [6, 6.07) is 11.9. The van der Waals surface area contributed by atoms with E-state index >= 15 is 0 Å². The minimum Gasteiger partial charge on any atom is -0.207 e. The molecule has 0 unspecified atom stereocenters. The first-order valence-electron chi connectivity index (χ1n) is 6.57. The summed E-state index contributed by atoms with van der Waals surface area (Å²) in [7, 11) is -3.78. The lowest BCUT2D eigenvalue weighted by molar-refractivity contribution is -0.0328. The molecule has 0 saturated carbocycles. The summed E-state index contributed by atoms with van der Waals surface area (Å²) >= 11 is -0.283. The van der Waals surface area contributed by atoms with E-state index in [1.54, 1.807) is 12.1 Å². The topological polar surface area (TPSA) is 46.2 Å². The van der Waals surface area contributed by atoms with Crippen LogP contribution in [0.5, 0.6) is 0 Å². The molecule has 0 heterocycles.